The van der Waals surface area contributed by atoms with Gasteiger partial charge in [-0.2, -0.15) is 0 Å². The molecule has 1 nitrogen and oxygen atoms in total. The van der Waals surface area contributed by atoms with E-state index in [-0.39, 0.29) is 0 Å². The van der Waals surface area contributed by atoms with E-state index in [1.165, 1.54) is 24.1 Å². The van der Waals surface area contributed by atoms with Crippen LogP contribution in [0.1, 0.15) is 39.2 Å². The number of para-hydroxylation sites is 1. The molecule has 0 heterocycles. The lowest BCUT2D eigenvalue weighted by atomic mass is 10.0. The van der Waals surface area contributed by atoms with E-state index < -0.39 is 0 Å². The lowest BCUT2D eigenvalue weighted by molar-refractivity contribution is 0.508. The van der Waals surface area contributed by atoms with Gasteiger partial charge in [0.25, 0.3) is 0 Å². The maximum absolute atomic E-state index is 3.63. The second-order valence-corrected chi connectivity index (χ2v) is 4.69. The van der Waals surface area contributed by atoms with Crippen LogP contribution in [0.15, 0.2) is 24.3 Å². The summed E-state index contributed by atoms with van der Waals surface area (Å²) in [6.45, 7) is 8.97. The van der Waals surface area contributed by atoms with Gasteiger partial charge in [0.05, 0.1) is 0 Å². The second kappa shape index (κ2) is 5.79. The first-order valence-corrected chi connectivity index (χ1v) is 5.95. The van der Waals surface area contributed by atoms with Gasteiger partial charge in [-0.1, -0.05) is 39.0 Å². The Kier molecular flexibility index (Phi) is 4.67. The van der Waals surface area contributed by atoms with Crippen molar-refractivity contribution in [2.24, 2.45) is 5.92 Å². The van der Waals surface area contributed by atoms with Gasteiger partial charge in [-0.3, -0.25) is 0 Å². The predicted molar refractivity (Wildman–Crippen MR) is 68.3 cm³/mol. The van der Waals surface area contributed by atoms with Gasteiger partial charge in [0.15, 0.2) is 0 Å². The van der Waals surface area contributed by atoms with Gasteiger partial charge in [-0.25, -0.2) is 0 Å². The summed E-state index contributed by atoms with van der Waals surface area (Å²) in [5, 5.41) is 3.63. The normalized spacial score (nSPS) is 12.9. The van der Waals surface area contributed by atoms with Crippen LogP contribution >= 0.6 is 0 Å². The maximum atomic E-state index is 3.63. The van der Waals surface area contributed by atoms with Gasteiger partial charge in [-0.05, 0) is 37.3 Å². The molecule has 1 heteroatoms. The van der Waals surface area contributed by atoms with Crippen LogP contribution in [0.3, 0.4) is 0 Å². The number of aryl methyl sites for hydroxylation is 1. The molecule has 0 aliphatic carbocycles. The van der Waals surface area contributed by atoms with Crippen molar-refractivity contribution in [2.45, 2.75) is 46.6 Å². The topological polar surface area (TPSA) is 12.0 Å². The molecule has 0 aromatic heterocycles. The molecule has 1 rings (SSSR count). The van der Waals surface area contributed by atoms with Crippen LogP contribution in [0.25, 0.3) is 0 Å². The molecule has 1 atom stereocenters. The summed E-state index contributed by atoms with van der Waals surface area (Å²) in [6.07, 6.45) is 2.43. The molecule has 0 aliphatic rings. The Morgan fingerprint density at radius 1 is 1.20 bits per heavy atom. The van der Waals surface area contributed by atoms with Crippen LogP contribution in [0.2, 0.25) is 0 Å². The molecular formula is C14H23N. The third-order valence-corrected chi connectivity index (χ3v) is 2.75. The Bertz CT molecular complexity index is 291. The summed E-state index contributed by atoms with van der Waals surface area (Å²) in [5.74, 6) is 0.756. The van der Waals surface area contributed by atoms with E-state index in [4.69, 9.17) is 0 Å². The highest BCUT2D eigenvalue weighted by Gasteiger charge is 2.08. The van der Waals surface area contributed by atoms with Crippen molar-refractivity contribution in [1.82, 2.24) is 0 Å². The molecule has 0 saturated carbocycles. The van der Waals surface area contributed by atoms with Crippen LogP contribution in [-0.2, 0) is 0 Å². The van der Waals surface area contributed by atoms with E-state index in [2.05, 4.69) is 57.3 Å². The van der Waals surface area contributed by atoms with E-state index in [1.54, 1.807) is 0 Å². The highest BCUT2D eigenvalue weighted by molar-refractivity contribution is 5.50. The zero-order valence-corrected chi connectivity index (χ0v) is 10.4. The molecule has 0 saturated heterocycles. The van der Waals surface area contributed by atoms with Gasteiger partial charge in [0.2, 0.25) is 0 Å². The lowest BCUT2D eigenvalue weighted by Crippen LogP contribution is -2.20. The molecule has 0 aliphatic heterocycles. The first-order valence-electron chi connectivity index (χ1n) is 5.95. The quantitative estimate of drug-likeness (QED) is 0.758. The van der Waals surface area contributed by atoms with E-state index in [0.29, 0.717) is 6.04 Å². The second-order valence-electron chi connectivity index (χ2n) is 4.69. The van der Waals surface area contributed by atoms with Crippen LogP contribution in [0.4, 0.5) is 5.69 Å². The number of benzene rings is 1. The van der Waals surface area contributed by atoms with Crippen LogP contribution < -0.4 is 5.32 Å². The molecule has 1 N–H and O–H groups in total. The molecule has 1 aromatic carbocycles. The first-order chi connectivity index (χ1) is 7.13. The molecule has 0 spiro atoms. The van der Waals surface area contributed by atoms with Gasteiger partial charge >= 0.3 is 0 Å². The van der Waals surface area contributed by atoms with E-state index in [0.717, 1.165) is 5.92 Å². The fourth-order valence-electron chi connectivity index (χ4n) is 1.85. The Morgan fingerprint density at radius 3 is 2.40 bits per heavy atom. The SMILES string of the molecule is CCC(CC(C)C)Nc1ccccc1C. The number of anilines is 1. The maximum Gasteiger partial charge on any atom is 0.0372 e. The zero-order valence-electron chi connectivity index (χ0n) is 10.4. The largest absolute Gasteiger partial charge is 0.382 e. The van der Waals surface area contributed by atoms with Gasteiger partial charge in [-0.15, -0.1) is 0 Å². The Balaban J connectivity index is 2.62. The van der Waals surface area contributed by atoms with Gasteiger partial charge in [0, 0.05) is 11.7 Å². The van der Waals surface area contributed by atoms with Crippen molar-refractivity contribution in [3.05, 3.63) is 29.8 Å². The molecule has 1 aromatic rings. The predicted octanol–water partition coefficient (Wildman–Crippen LogP) is 4.23. The van der Waals surface area contributed by atoms with E-state index in [1.807, 2.05) is 0 Å². The molecule has 0 amide bonds. The lowest BCUT2D eigenvalue weighted by Gasteiger charge is -2.21. The molecule has 0 fully saturated rings. The number of hydrogen-bond donors (Lipinski definition) is 1. The summed E-state index contributed by atoms with van der Waals surface area (Å²) >= 11 is 0. The number of nitrogens with one attached hydrogen (secondary N) is 1. The standard InChI is InChI=1S/C14H23N/c1-5-13(10-11(2)3)15-14-9-7-6-8-12(14)4/h6-9,11,13,15H,5,10H2,1-4H3. The Morgan fingerprint density at radius 2 is 1.87 bits per heavy atom. The number of hydrogen-bond acceptors (Lipinski definition) is 1. The van der Waals surface area contributed by atoms with Crippen LogP contribution in [0, 0.1) is 12.8 Å². The molecule has 15 heavy (non-hydrogen) atoms. The highest BCUT2D eigenvalue weighted by atomic mass is 14.9. The van der Waals surface area contributed by atoms with E-state index >= 15 is 0 Å². The number of rotatable bonds is 5. The smallest absolute Gasteiger partial charge is 0.0372 e. The molecular weight excluding hydrogens is 182 g/mol. The zero-order chi connectivity index (χ0) is 11.3. The van der Waals surface area contributed by atoms with Crippen molar-refractivity contribution < 1.29 is 0 Å². The van der Waals surface area contributed by atoms with Crippen molar-refractivity contribution in [3.8, 4) is 0 Å². The summed E-state index contributed by atoms with van der Waals surface area (Å²) < 4.78 is 0. The van der Waals surface area contributed by atoms with Crippen molar-refractivity contribution in [2.75, 3.05) is 5.32 Å². The molecule has 84 valence electrons. The Hall–Kier alpha value is -0.980. The van der Waals surface area contributed by atoms with Gasteiger partial charge in [0.1, 0.15) is 0 Å². The van der Waals surface area contributed by atoms with Crippen LogP contribution in [0.5, 0.6) is 0 Å². The summed E-state index contributed by atoms with van der Waals surface area (Å²) in [6, 6.07) is 9.11. The summed E-state index contributed by atoms with van der Waals surface area (Å²) in [4.78, 5) is 0. The van der Waals surface area contributed by atoms with E-state index in [9.17, 15) is 0 Å². The monoisotopic (exact) mass is 205 g/mol. The van der Waals surface area contributed by atoms with Crippen molar-refractivity contribution >= 4 is 5.69 Å². The minimum atomic E-state index is 0.603. The first kappa shape index (κ1) is 12.1. The molecule has 0 radical (unpaired) electrons. The molecule has 0 bridgehead atoms. The average molecular weight is 205 g/mol. The fourth-order valence-corrected chi connectivity index (χ4v) is 1.85. The molecule has 1 unspecified atom stereocenters. The van der Waals surface area contributed by atoms with Crippen molar-refractivity contribution in [3.63, 3.8) is 0 Å². The summed E-state index contributed by atoms with van der Waals surface area (Å²) in [7, 11) is 0. The minimum absolute atomic E-state index is 0.603. The summed E-state index contributed by atoms with van der Waals surface area (Å²) in [5.41, 5.74) is 2.62. The minimum Gasteiger partial charge on any atom is -0.382 e. The highest BCUT2D eigenvalue weighted by Crippen LogP contribution is 2.18. The van der Waals surface area contributed by atoms with Gasteiger partial charge < -0.3 is 5.32 Å². The average Bonchev–Trinajstić information content (AvgIpc) is 2.19. The third kappa shape index (κ3) is 3.94. The van der Waals surface area contributed by atoms with Crippen molar-refractivity contribution in [1.29, 1.82) is 0 Å². The van der Waals surface area contributed by atoms with Crippen LogP contribution in [-0.4, -0.2) is 6.04 Å². The third-order valence-electron chi connectivity index (χ3n) is 2.75. The fraction of sp³-hybridized carbons (Fsp3) is 0.571. The Labute approximate surface area is 93.9 Å².